The molecule has 14 heavy (non-hydrogen) atoms. The first kappa shape index (κ1) is 9.71. The van der Waals surface area contributed by atoms with Gasteiger partial charge >= 0.3 is 0 Å². The fourth-order valence-electron chi connectivity index (χ4n) is 2.10. The molecule has 1 aliphatic rings. The number of halogens is 1. The molecule has 1 aromatic heterocycles. The van der Waals surface area contributed by atoms with E-state index in [2.05, 4.69) is 28.7 Å². The van der Waals surface area contributed by atoms with Gasteiger partial charge in [-0.15, -0.1) is 0 Å². The summed E-state index contributed by atoms with van der Waals surface area (Å²) in [5, 5.41) is 0.508. The Bertz CT molecular complexity index is 329. The molecule has 0 aromatic carbocycles. The first-order chi connectivity index (χ1) is 6.68. The lowest BCUT2D eigenvalue weighted by atomic mass is 10.1. The Hall–Kier alpha value is -0.830. The van der Waals surface area contributed by atoms with Crippen molar-refractivity contribution in [2.24, 2.45) is 5.92 Å². The fourth-order valence-corrected chi connectivity index (χ4v) is 2.32. The number of hydrogen-bond acceptors (Lipinski definition) is 3. The largest absolute Gasteiger partial charge is 0.351 e. The highest BCUT2D eigenvalue weighted by molar-refractivity contribution is 6.31. The number of anilines is 1. The van der Waals surface area contributed by atoms with Gasteiger partial charge in [0.2, 0.25) is 0 Å². The molecule has 0 aliphatic carbocycles. The van der Waals surface area contributed by atoms with Crippen LogP contribution < -0.4 is 4.90 Å². The van der Waals surface area contributed by atoms with Crippen molar-refractivity contribution in [1.82, 2.24) is 9.97 Å². The SMILES string of the molecule is CC1CC(C)N(c2nccnc2Cl)C1. The number of rotatable bonds is 1. The highest BCUT2D eigenvalue weighted by Crippen LogP contribution is 2.30. The van der Waals surface area contributed by atoms with Crippen molar-refractivity contribution >= 4 is 17.4 Å². The van der Waals surface area contributed by atoms with E-state index in [1.807, 2.05) is 0 Å². The Morgan fingerprint density at radius 3 is 2.64 bits per heavy atom. The normalized spacial score (nSPS) is 26.9. The minimum absolute atomic E-state index is 0.508. The molecular weight excluding hydrogens is 198 g/mol. The van der Waals surface area contributed by atoms with Crippen LogP contribution in [0.2, 0.25) is 5.15 Å². The van der Waals surface area contributed by atoms with Crippen LogP contribution in [0.25, 0.3) is 0 Å². The standard InChI is InChI=1S/C10H14ClN3/c1-7-5-8(2)14(6-7)10-9(11)12-3-4-13-10/h3-4,7-8H,5-6H2,1-2H3. The number of aromatic nitrogens is 2. The Balaban J connectivity index is 2.27. The van der Waals surface area contributed by atoms with E-state index in [9.17, 15) is 0 Å². The lowest BCUT2D eigenvalue weighted by molar-refractivity contribution is 0.625. The van der Waals surface area contributed by atoms with Gasteiger partial charge in [-0.1, -0.05) is 18.5 Å². The molecule has 3 nitrogen and oxygen atoms in total. The van der Waals surface area contributed by atoms with Crippen LogP contribution in [0.15, 0.2) is 12.4 Å². The van der Waals surface area contributed by atoms with E-state index in [0.29, 0.717) is 17.1 Å². The van der Waals surface area contributed by atoms with Crippen molar-refractivity contribution in [3.8, 4) is 0 Å². The zero-order valence-corrected chi connectivity index (χ0v) is 9.20. The van der Waals surface area contributed by atoms with Gasteiger partial charge in [0, 0.05) is 25.0 Å². The van der Waals surface area contributed by atoms with Crippen molar-refractivity contribution in [2.45, 2.75) is 26.3 Å². The molecule has 2 rings (SSSR count). The third-order valence-corrected chi connectivity index (χ3v) is 2.96. The summed E-state index contributed by atoms with van der Waals surface area (Å²) in [5.74, 6) is 1.54. The maximum Gasteiger partial charge on any atom is 0.171 e. The van der Waals surface area contributed by atoms with Gasteiger partial charge in [-0.2, -0.15) is 0 Å². The van der Waals surface area contributed by atoms with Gasteiger partial charge in [-0.25, -0.2) is 9.97 Å². The van der Waals surface area contributed by atoms with E-state index in [-0.39, 0.29) is 0 Å². The van der Waals surface area contributed by atoms with Crippen molar-refractivity contribution in [2.75, 3.05) is 11.4 Å². The van der Waals surface area contributed by atoms with Gasteiger partial charge in [0.25, 0.3) is 0 Å². The Labute approximate surface area is 89.1 Å². The molecule has 76 valence electrons. The molecule has 4 heteroatoms. The van der Waals surface area contributed by atoms with Crippen LogP contribution in [0.3, 0.4) is 0 Å². The molecule has 2 unspecified atom stereocenters. The molecule has 2 atom stereocenters. The third-order valence-electron chi connectivity index (χ3n) is 2.69. The molecule has 0 spiro atoms. The first-order valence-electron chi connectivity index (χ1n) is 4.91. The Morgan fingerprint density at radius 1 is 1.36 bits per heavy atom. The molecule has 2 heterocycles. The van der Waals surface area contributed by atoms with Crippen LogP contribution in [0.4, 0.5) is 5.82 Å². The van der Waals surface area contributed by atoms with Crippen molar-refractivity contribution in [3.63, 3.8) is 0 Å². The molecule has 0 bridgehead atoms. The van der Waals surface area contributed by atoms with E-state index in [1.165, 1.54) is 6.42 Å². The Morgan fingerprint density at radius 2 is 2.07 bits per heavy atom. The molecule has 0 amide bonds. The highest BCUT2D eigenvalue weighted by atomic mass is 35.5. The maximum absolute atomic E-state index is 6.00. The van der Waals surface area contributed by atoms with Gasteiger partial charge in [0.05, 0.1) is 0 Å². The average Bonchev–Trinajstić information content (AvgIpc) is 2.46. The molecule has 1 aliphatic heterocycles. The van der Waals surface area contributed by atoms with Crippen LogP contribution in [-0.2, 0) is 0 Å². The Kier molecular flexibility index (Phi) is 2.59. The van der Waals surface area contributed by atoms with Crippen LogP contribution in [0.1, 0.15) is 20.3 Å². The predicted octanol–water partition coefficient (Wildman–Crippen LogP) is 2.36. The van der Waals surface area contributed by atoms with Gasteiger partial charge < -0.3 is 4.90 Å². The summed E-state index contributed by atoms with van der Waals surface area (Å²) in [4.78, 5) is 10.6. The summed E-state index contributed by atoms with van der Waals surface area (Å²) in [6, 6.07) is 0.513. The predicted molar refractivity (Wildman–Crippen MR) is 57.6 cm³/mol. The summed E-state index contributed by atoms with van der Waals surface area (Å²) < 4.78 is 0. The average molecular weight is 212 g/mol. The maximum atomic E-state index is 6.00. The second kappa shape index (κ2) is 3.73. The molecule has 1 aromatic rings. The summed E-state index contributed by atoms with van der Waals surface area (Å²) >= 11 is 6.00. The quantitative estimate of drug-likeness (QED) is 0.714. The molecule has 1 saturated heterocycles. The van der Waals surface area contributed by atoms with E-state index in [0.717, 1.165) is 12.4 Å². The molecule has 0 radical (unpaired) electrons. The van der Waals surface area contributed by atoms with E-state index in [4.69, 9.17) is 11.6 Å². The second-order valence-electron chi connectivity index (χ2n) is 4.01. The molecule has 0 N–H and O–H groups in total. The summed E-state index contributed by atoms with van der Waals surface area (Å²) in [7, 11) is 0. The minimum atomic E-state index is 0.508. The highest BCUT2D eigenvalue weighted by Gasteiger charge is 2.28. The number of nitrogens with zero attached hydrogens (tertiary/aromatic N) is 3. The van der Waals surface area contributed by atoms with E-state index in [1.54, 1.807) is 12.4 Å². The molecule has 0 saturated carbocycles. The summed E-state index contributed by atoms with van der Waals surface area (Å²) in [6.07, 6.45) is 4.51. The first-order valence-corrected chi connectivity index (χ1v) is 5.29. The topological polar surface area (TPSA) is 29.0 Å². The monoisotopic (exact) mass is 211 g/mol. The van der Waals surface area contributed by atoms with Gasteiger partial charge in [-0.3, -0.25) is 0 Å². The van der Waals surface area contributed by atoms with Gasteiger partial charge in [0.1, 0.15) is 0 Å². The van der Waals surface area contributed by atoms with Crippen molar-refractivity contribution < 1.29 is 0 Å². The van der Waals surface area contributed by atoms with Crippen LogP contribution in [-0.4, -0.2) is 22.6 Å². The van der Waals surface area contributed by atoms with Crippen molar-refractivity contribution in [1.29, 1.82) is 0 Å². The van der Waals surface area contributed by atoms with Crippen LogP contribution in [0, 0.1) is 5.92 Å². The lowest BCUT2D eigenvalue weighted by Crippen LogP contribution is -2.28. The smallest absolute Gasteiger partial charge is 0.171 e. The second-order valence-corrected chi connectivity index (χ2v) is 4.37. The zero-order chi connectivity index (χ0) is 10.1. The number of hydrogen-bond donors (Lipinski definition) is 0. The van der Waals surface area contributed by atoms with Gasteiger partial charge in [0.15, 0.2) is 11.0 Å². The van der Waals surface area contributed by atoms with Crippen LogP contribution in [0.5, 0.6) is 0 Å². The summed E-state index contributed by atoms with van der Waals surface area (Å²) in [5.41, 5.74) is 0. The van der Waals surface area contributed by atoms with Crippen molar-refractivity contribution in [3.05, 3.63) is 17.5 Å². The van der Waals surface area contributed by atoms with Gasteiger partial charge in [-0.05, 0) is 19.3 Å². The molecule has 1 fully saturated rings. The molecular formula is C10H14ClN3. The zero-order valence-electron chi connectivity index (χ0n) is 8.44. The van der Waals surface area contributed by atoms with Crippen LogP contribution >= 0.6 is 11.6 Å². The summed E-state index contributed by atoms with van der Waals surface area (Å²) in [6.45, 7) is 5.48. The lowest BCUT2D eigenvalue weighted by Gasteiger charge is -2.22. The van der Waals surface area contributed by atoms with E-state index < -0.39 is 0 Å². The van der Waals surface area contributed by atoms with E-state index >= 15 is 0 Å². The fraction of sp³-hybridized carbons (Fsp3) is 0.600. The minimum Gasteiger partial charge on any atom is -0.351 e. The third kappa shape index (κ3) is 1.69.